The summed E-state index contributed by atoms with van der Waals surface area (Å²) in [6.45, 7) is 4.30. The summed E-state index contributed by atoms with van der Waals surface area (Å²) >= 11 is 0. The van der Waals surface area contributed by atoms with Crippen LogP contribution in [0.1, 0.15) is 68.2 Å². The quantitative estimate of drug-likeness (QED) is 0.893. The molecule has 5 heteroatoms. The highest BCUT2D eigenvalue weighted by Gasteiger charge is 2.26. The van der Waals surface area contributed by atoms with E-state index in [0.29, 0.717) is 12.0 Å². The Kier molecular flexibility index (Phi) is 3.99. The minimum atomic E-state index is -0.964. The molecule has 0 spiro atoms. The summed E-state index contributed by atoms with van der Waals surface area (Å²) in [5, 5.41) is 17.1. The van der Waals surface area contributed by atoms with Gasteiger partial charge in [0.05, 0.1) is 11.7 Å². The molecule has 2 atom stereocenters. The number of aromatic nitrogens is 3. The summed E-state index contributed by atoms with van der Waals surface area (Å²) in [6, 6.07) is 0.330. The van der Waals surface area contributed by atoms with Crippen LogP contribution in [0.15, 0.2) is 0 Å². The maximum absolute atomic E-state index is 11.1. The highest BCUT2D eigenvalue weighted by Crippen LogP contribution is 2.33. The minimum absolute atomic E-state index is 0.134. The second-order valence-electron chi connectivity index (χ2n) is 5.31. The normalized spacial score (nSPS) is 24.1. The van der Waals surface area contributed by atoms with Gasteiger partial charge in [-0.1, -0.05) is 38.3 Å². The van der Waals surface area contributed by atoms with Crippen LogP contribution in [-0.4, -0.2) is 26.1 Å². The molecule has 2 rings (SSSR count). The van der Waals surface area contributed by atoms with Crippen LogP contribution in [0.25, 0.3) is 0 Å². The largest absolute Gasteiger partial charge is 0.476 e. The molecule has 0 bridgehead atoms. The van der Waals surface area contributed by atoms with Crippen molar-refractivity contribution in [2.45, 2.75) is 58.4 Å². The monoisotopic (exact) mass is 251 g/mol. The molecule has 1 aliphatic carbocycles. The van der Waals surface area contributed by atoms with Crippen molar-refractivity contribution < 1.29 is 9.90 Å². The summed E-state index contributed by atoms with van der Waals surface area (Å²) in [7, 11) is 0. The van der Waals surface area contributed by atoms with E-state index in [1.54, 1.807) is 0 Å². The predicted octanol–water partition coefficient (Wildman–Crippen LogP) is 2.68. The maximum Gasteiger partial charge on any atom is 0.358 e. The third kappa shape index (κ3) is 2.54. The van der Waals surface area contributed by atoms with E-state index in [1.807, 2.05) is 11.6 Å². The Bertz CT molecular complexity index is 428. The number of carboxylic acid groups (broad SMARTS) is 1. The maximum atomic E-state index is 11.1. The van der Waals surface area contributed by atoms with Gasteiger partial charge in [0.15, 0.2) is 5.69 Å². The van der Waals surface area contributed by atoms with Crippen molar-refractivity contribution in [1.29, 1.82) is 0 Å². The molecule has 5 nitrogen and oxygen atoms in total. The molecule has 18 heavy (non-hydrogen) atoms. The van der Waals surface area contributed by atoms with Gasteiger partial charge in [0.1, 0.15) is 0 Å². The Hall–Kier alpha value is -1.39. The molecule has 1 aromatic rings. The summed E-state index contributed by atoms with van der Waals surface area (Å²) in [5.41, 5.74) is 0.930. The molecule has 0 amide bonds. The highest BCUT2D eigenvalue weighted by atomic mass is 16.4. The molecule has 0 saturated heterocycles. The van der Waals surface area contributed by atoms with Gasteiger partial charge >= 0.3 is 5.97 Å². The average Bonchev–Trinajstić information content (AvgIpc) is 2.73. The van der Waals surface area contributed by atoms with Crippen LogP contribution in [-0.2, 0) is 6.42 Å². The molecule has 1 aliphatic rings. The van der Waals surface area contributed by atoms with Crippen molar-refractivity contribution in [3.05, 3.63) is 11.4 Å². The van der Waals surface area contributed by atoms with Crippen LogP contribution in [0, 0.1) is 5.92 Å². The van der Waals surface area contributed by atoms with Crippen LogP contribution in [0.2, 0.25) is 0 Å². The fraction of sp³-hybridized carbons (Fsp3) is 0.769. The second-order valence-corrected chi connectivity index (χ2v) is 5.31. The van der Waals surface area contributed by atoms with Gasteiger partial charge in [0, 0.05) is 0 Å². The first-order valence-corrected chi connectivity index (χ1v) is 6.80. The van der Waals surface area contributed by atoms with E-state index in [-0.39, 0.29) is 5.69 Å². The number of hydrogen-bond acceptors (Lipinski definition) is 3. The predicted molar refractivity (Wildman–Crippen MR) is 67.6 cm³/mol. The van der Waals surface area contributed by atoms with Gasteiger partial charge in [-0.15, -0.1) is 5.10 Å². The molecule has 1 fully saturated rings. The van der Waals surface area contributed by atoms with Crippen molar-refractivity contribution >= 4 is 5.97 Å². The van der Waals surface area contributed by atoms with Crippen LogP contribution in [0.4, 0.5) is 0 Å². The van der Waals surface area contributed by atoms with Crippen molar-refractivity contribution in [3.8, 4) is 0 Å². The van der Waals surface area contributed by atoms with Gasteiger partial charge in [-0.05, 0) is 25.2 Å². The van der Waals surface area contributed by atoms with Gasteiger partial charge in [-0.2, -0.15) is 0 Å². The van der Waals surface area contributed by atoms with E-state index in [0.717, 1.165) is 31.4 Å². The first-order valence-electron chi connectivity index (χ1n) is 6.80. The van der Waals surface area contributed by atoms with Crippen LogP contribution < -0.4 is 0 Å². The highest BCUT2D eigenvalue weighted by molar-refractivity contribution is 5.86. The molecule has 0 aromatic carbocycles. The van der Waals surface area contributed by atoms with Gasteiger partial charge < -0.3 is 5.11 Å². The first kappa shape index (κ1) is 13.1. The number of carbonyl (C=O) groups is 1. The van der Waals surface area contributed by atoms with E-state index in [9.17, 15) is 4.79 Å². The zero-order valence-electron chi connectivity index (χ0n) is 11.1. The Morgan fingerprint density at radius 1 is 1.50 bits per heavy atom. The van der Waals surface area contributed by atoms with Gasteiger partial charge in [0.2, 0.25) is 0 Å². The summed E-state index contributed by atoms with van der Waals surface area (Å²) < 4.78 is 1.88. The Balaban J connectivity index is 2.28. The number of nitrogens with zero attached hydrogens (tertiary/aromatic N) is 3. The zero-order valence-corrected chi connectivity index (χ0v) is 11.1. The number of carboxylic acids is 1. The lowest BCUT2D eigenvalue weighted by Crippen LogP contribution is -2.21. The molecular formula is C13H21N3O2. The van der Waals surface area contributed by atoms with Crippen molar-refractivity contribution in [1.82, 2.24) is 15.0 Å². The fourth-order valence-electron chi connectivity index (χ4n) is 2.87. The number of aromatic carboxylic acids is 1. The second kappa shape index (κ2) is 5.50. The van der Waals surface area contributed by atoms with Crippen LogP contribution in [0.3, 0.4) is 0 Å². The standard InChI is InChI=1S/C13H21N3O2/c1-3-5-11-12(13(17)18)14-15-16(11)10-7-4-6-9(2)8-10/h9-10H,3-8H2,1-2H3,(H,17,18). The molecule has 0 radical (unpaired) electrons. The van der Waals surface area contributed by atoms with Gasteiger partial charge in [-0.25, -0.2) is 9.48 Å². The Morgan fingerprint density at radius 2 is 2.28 bits per heavy atom. The lowest BCUT2D eigenvalue weighted by molar-refractivity contribution is 0.0689. The summed E-state index contributed by atoms with van der Waals surface area (Å²) in [6.07, 6.45) is 6.28. The van der Waals surface area contributed by atoms with Gasteiger partial charge in [0.25, 0.3) is 0 Å². The van der Waals surface area contributed by atoms with E-state index < -0.39 is 5.97 Å². The molecule has 1 saturated carbocycles. The molecule has 2 unspecified atom stereocenters. The van der Waals surface area contributed by atoms with E-state index in [2.05, 4.69) is 17.2 Å². The molecule has 1 N–H and O–H groups in total. The average molecular weight is 251 g/mol. The van der Waals surface area contributed by atoms with Crippen LogP contribution in [0.5, 0.6) is 0 Å². The lowest BCUT2D eigenvalue weighted by Gasteiger charge is -2.27. The van der Waals surface area contributed by atoms with E-state index in [4.69, 9.17) is 5.11 Å². The summed E-state index contributed by atoms with van der Waals surface area (Å²) in [5.74, 6) is -0.274. The molecule has 1 aromatic heterocycles. The minimum Gasteiger partial charge on any atom is -0.476 e. The van der Waals surface area contributed by atoms with Crippen molar-refractivity contribution in [2.75, 3.05) is 0 Å². The Morgan fingerprint density at radius 3 is 2.89 bits per heavy atom. The van der Waals surface area contributed by atoms with Crippen molar-refractivity contribution in [2.24, 2.45) is 5.92 Å². The fourth-order valence-corrected chi connectivity index (χ4v) is 2.87. The zero-order chi connectivity index (χ0) is 13.1. The van der Waals surface area contributed by atoms with Crippen molar-refractivity contribution in [3.63, 3.8) is 0 Å². The number of rotatable bonds is 4. The van der Waals surface area contributed by atoms with Crippen LogP contribution >= 0.6 is 0 Å². The topological polar surface area (TPSA) is 68.0 Å². The lowest BCUT2D eigenvalue weighted by atomic mass is 9.87. The Labute approximate surface area is 107 Å². The first-order chi connectivity index (χ1) is 8.63. The molecule has 100 valence electrons. The SMILES string of the molecule is CCCc1c(C(=O)O)nnn1C1CCCC(C)C1. The summed E-state index contributed by atoms with van der Waals surface area (Å²) in [4.78, 5) is 11.1. The molecule has 0 aliphatic heterocycles. The van der Waals surface area contributed by atoms with Gasteiger partial charge in [-0.3, -0.25) is 0 Å². The molecule has 1 heterocycles. The molecular weight excluding hydrogens is 230 g/mol. The van der Waals surface area contributed by atoms with E-state index >= 15 is 0 Å². The smallest absolute Gasteiger partial charge is 0.358 e. The third-order valence-electron chi connectivity index (χ3n) is 3.73. The number of hydrogen-bond donors (Lipinski definition) is 1. The van der Waals surface area contributed by atoms with E-state index in [1.165, 1.54) is 12.8 Å². The third-order valence-corrected chi connectivity index (χ3v) is 3.73.